The van der Waals surface area contributed by atoms with Gasteiger partial charge in [-0.2, -0.15) is 10.2 Å². The first-order valence-corrected chi connectivity index (χ1v) is 10.7. The van der Waals surface area contributed by atoms with Crippen LogP contribution >= 0.6 is 11.6 Å². The summed E-state index contributed by atoms with van der Waals surface area (Å²) in [6.45, 7) is 7.63. The number of nitrogens with one attached hydrogen (secondary N) is 1. The molecule has 8 heteroatoms. The van der Waals surface area contributed by atoms with Crippen molar-refractivity contribution in [2.45, 2.75) is 39.7 Å². The van der Waals surface area contributed by atoms with E-state index in [9.17, 15) is 4.79 Å². The minimum Gasteiger partial charge on any atom is -0.299 e. The third-order valence-electron chi connectivity index (χ3n) is 4.93. The Bertz CT molecular complexity index is 920. The van der Waals surface area contributed by atoms with Crippen LogP contribution in [0.2, 0.25) is 5.02 Å². The van der Waals surface area contributed by atoms with E-state index in [0.29, 0.717) is 18.0 Å². The van der Waals surface area contributed by atoms with Crippen molar-refractivity contribution in [1.29, 1.82) is 5.26 Å². The average molecular weight is 427 g/mol. The van der Waals surface area contributed by atoms with Gasteiger partial charge in [0.25, 0.3) is 5.91 Å². The number of hydrogen-bond donors (Lipinski definition) is 1. The predicted octanol–water partition coefficient (Wildman–Crippen LogP) is 3.79. The van der Waals surface area contributed by atoms with Gasteiger partial charge in [0.2, 0.25) is 5.82 Å². The monoisotopic (exact) mass is 426 g/mol. The summed E-state index contributed by atoms with van der Waals surface area (Å²) >= 11 is 6.28. The van der Waals surface area contributed by atoms with Crippen LogP contribution in [-0.2, 0) is 6.54 Å². The molecule has 2 aromatic rings. The lowest BCUT2D eigenvalue weighted by molar-refractivity contribution is 0.0971. The Kier molecular flexibility index (Phi) is 7.75. The number of hydrogen-bond acceptors (Lipinski definition) is 6. The SMILES string of the molecule is CC(C)CNN(C(=O)c1cccc(CN2CCCCC2)c1)c1nc(C#N)ncc1Cl. The number of hydrazine groups is 1. The second-order valence-corrected chi connectivity index (χ2v) is 8.32. The number of benzene rings is 1. The van der Waals surface area contributed by atoms with E-state index in [1.54, 1.807) is 6.07 Å². The van der Waals surface area contributed by atoms with Crippen LogP contribution < -0.4 is 10.4 Å². The highest BCUT2D eigenvalue weighted by molar-refractivity contribution is 6.33. The van der Waals surface area contributed by atoms with Gasteiger partial charge < -0.3 is 0 Å². The number of amides is 1. The maximum atomic E-state index is 13.4. The standard InChI is InChI=1S/C22H27ClN6O/c1-16(2)13-26-29(21-19(23)14-25-20(12-24)27-21)22(30)18-8-6-7-17(11-18)15-28-9-4-3-5-10-28/h6-8,11,14,16,26H,3-5,9-10,13,15H2,1-2H3. The van der Waals surface area contributed by atoms with Gasteiger partial charge in [0.05, 0.1) is 6.20 Å². The molecule has 30 heavy (non-hydrogen) atoms. The van der Waals surface area contributed by atoms with Crippen LogP contribution in [-0.4, -0.2) is 40.4 Å². The van der Waals surface area contributed by atoms with E-state index in [-0.39, 0.29) is 22.6 Å². The quantitative estimate of drug-likeness (QED) is 0.678. The second kappa shape index (κ2) is 10.5. The number of carbonyl (C=O) groups excluding carboxylic acids is 1. The number of nitriles is 1. The van der Waals surface area contributed by atoms with Crippen LogP contribution in [0.1, 0.15) is 54.9 Å². The molecule has 2 heterocycles. The van der Waals surface area contributed by atoms with E-state index in [1.165, 1.54) is 30.5 Å². The Labute approximate surface area is 182 Å². The highest BCUT2D eigenvalue weighted by Gasteiger charge is 2.23. The lowest BCUT2D eigenvalue weighted by atomic mass is 10.1. The first kappa shape index (κ1) is 22.2. The van der Waals surface area contributed by atoms with Crippen molar-refractivity contribution in [1.82, 2.24) is 20.3 Å². The van der Waals surface area contributed by atoms with Gasteiger partial charge in [0.15, 0.2) is 5.82 Å². The number of halogens is 1. The highest BCUT2D eigenvalue weighted by atomic mass is 35.5. The molecule has 158 valence electrons. The number of nitrogens with zero attached hydrogens (tertiary/aromatic N) is 5. The van der Waals surface area contributed by atoms with Crippen LogP contribution in [0.5, 0.6) is 0 Å². The summed E-state index contributed by atoms with van der Waals surface area (Å²) in [6.07, 6.45) is 5.07. The Balaban J connectivity index is 1.87. The third kappa shape index (κ3) is 5.76. The lowest BCUT2D eigenvalue weighted by Gasteiger charge is -2.27. The van der Waals surface area contributed by atoms with Gasteiger partial charge >= 0.3 is 0 Å². The number of carbonyl (C=O) groups is 1. The zero-order chi connectivity index (χ0) is 21.5. The van der Waals surface area contributed by atoms with Crippen molar-refractivity contribution in [2.75, 3.05) is 24.6 Å². The number of likely N-dealkylation sites (tertiary alicyclic amines) is 1. The van der Waals surface area contributed by atoms with Gasteiger partial charge in [-0.3, -0.25) is 9.69 Å². The van der Waals surface area contributed by atoms with Crippen LogP contribution in [0.25, 0.3) is 0 Å². The number of anilines is 1. The molecule has 0 bridgehead atoms. The minimum atomic E-state index is -0.277. The van der Waals surface area contributed by atoms with Crippen molar-refractivity contribution in [3.63, 3.8) is 0 Å². The van der Waals surface area contributed by atoms with E-state index >= 15 is 0 Å². The summed E-state index contributed by atoms with van der Waals surface area (Å²) in [5.41, 5.74) is 4.75. The normalized spacial score (nSPS) is 14.5. The number of aromatic nitrogens is 2. The fourth-order valence-corrected chi connectivity index (χ4v) is 3.57. The molecule has 0 spiro atoms. The summed E-state index contributed by atoms with van der Waals surface area (Å²) in [5.74, 6) is 0.148. The van der Waals surface area contributed by atoms with Gasteiger partial charge in [0.1, 0.15) is 11.1 Å². The molecule has 1 amide bonds. The molecular formula is C22H27ClN6O. The van der Waals surface area contributed by atoms with Crippen molar-refractivity contribution < 1.29 is 4.79 Å². The van der Waals surface area contributed by atoms with E-state index in [2.05, 4.69) is 20.3 Å². The Hall–Kier alpha value is -2.53. The molecule has 1 aliphatic heterocycles. The summed E-state index contributed by atoms with van der Waals surface area (Å²) < 4.78 is 0. The van der Waals surface area contributed by atoms with Crippen LogP contribution in [0.15, 0.2) is 30.5 Å². The minimum absolute atomic E-state index is 0.0441. The van der Waals surface area contributed by atoms with Crippen molar-refractivity contribution in [3.8, 4) is 6.07 Å². The first-order chi connectivity index (χ1) is 14.5. The van der Waals surface area contributed by atoms with Gasteiger partial charge in [-0.05, 0) is 49.5 Å². The second-order valence-electron chi connectivity index (χ2n) is 7.91. The molecule has 1 aliphatic rings. The molecule has 1 N–H and O–H groups in total. The Morgan fingerprint density at radius 3 is 2.80 bits per heavy atom. The summed E-state index contributed by atoms with van der Waals surface area (Å²) in [7, 11) is 0. The van der Waals surface area contributed by atoms with E-state index in [1.807, 2.05) is 38.1 Å². The van der Waals surface area contributed by atoms with Crippen molar-refractivity contribution in [2.24, 2.45) is 5.92 Å². The predicted molar refractivity (Wildman–Crippen MR) is 117 cm³/mol. The molecule has 1 saturated heterocycles. The van der Waals surface area contributed by atoms with Crippen LogP contribution in [0.3, 0.4) is 0 Å². The van der Waals surface area contributed by atoms with E-state index in [0.717, 1.165) is 25.2 Å². The first-order valence-electron chi connectivity index (χ1n) is 10.3. The Morgan fingerprint density at radius 2 is 2.10 bits per heavy atom. The van der Waals surface area contributed by atoms with Gasteiger partial charge in [-0.1, -0.05) is 44.0 Å². The maximum absolute atomic E-state index is 13.4. The molecular weight excluding hydrogens is 400 g/mol. The van der Waals surface area contributed by atoms with Crippen LogP contribution in [0, 0.1) is 17.2 Å². The van der Waals surface area contributed by atoms with E-state index in [4.69, 9.17) is 16.9 Å². The molecule has 7 nitrogen and oxygen atoms in total. The Morgan fingerprint density at radius 1 is 1.33 bits per heavy atom. The molecule has 0 aliphatic carbocycles. The molecule has 1 fully saturated rings. The molecule has 3 rings (SSSR count). The smallest absolute Gasteiger partial charge is 0.274 e. The summed E-state index contributed by atoms with van der Waals surface area (Å²) in [5, 5.41) is 10.7. The van der Waals surface area contributed by atoms with Crippen LogP contribution in [0.4, 0.5) is 5.82 Å². The van der Waals surface area contributed by atoms with Gasteiger partial charge in [-0.25, -0.2) is 15.4 Å². The zero-order valence-corrected chi connectivity index (χ0v) is 18.2. The molecule has 0 radical (unpaired) electrons. The van der Waals surface area contributed by atoms with E-state index < -0.39 is 0 Å². The number of piperidine rings is 1. The fourth-order valence-electron chi connectivity index (χ4n) is 3.39. The van der Waals surface area contributed by atoms with Crippen molar-refractivity contribution >= 4 is 23.3 Å². The summed E-state index contributed by atoms with van der Waals surface area (Å²) in [4.78, 5) is 23.9. The molecule has 1 aromatic carbocycles. The fraction of sp³-hybridized carbons (Fsp3) is 0.455. The molecule has 0 unspecified atom stereocenters. The lowest BCUT2D eigenvalue weighted by Crippen LogP contribution is -2.45. The topological polar surface area (TPSA) is 85.2 Å². The average Bonchev–Trinajstić information content (AvgIpc) is 2.75. The summed E-state index contributed by atoms with van der Waals surface area (Å²) in [6, 6.07) is 9.54. The highest BCUT2D eigenvalue weighted by Crippen LogP contribution is 2.23. The zero-order valence-electron chi connectivity index (χ0n) is 17.4. The largest absolute Gasteiger partial charge is 0.299 e. The molecule has 1 aromatic heterocycles. The van der Waals surface area contributed by atoms with Crippen molar-refractivity contribution in [3.05, 3.63) is 52.4 Å². The molecule has 0 saturated carbocycles. The maximum Gasteiger partial charge on any atom is 0.274 e. The van der Waals surface area contributed by atoms with Gasteiger partial charge in [-0.15, -0.1) is 0 Å². The molecule has 0 atom stereocenters. The number of rotatable bonds is 7. The van der Waals surface area contributed by atoms with Gasteiger partial charge in [0, 0.05) is 18.7 Å². The third-order valence-corrected chi connectivity index (χ3v) is 5.19.